The lowest BCUT2D eigenvalue weighted by Gasteiger charge is -2.28. The van der Waals surface area contributed by atoms with Crippen LogP contribution in [0.3, 0.4) is 0 Å². The van der Waals surface area contributed by atoms with Gasteiger partial charge in [-0.1, -0.05) is 97.9 Å². The van der Waals surface area contributed by atoms with Crippen LogP contribution in [0.4, 0.5) is 4.79 Å². The Hall–Kier alpha value is -2.50. The first kappa shape index (κ1) is 21.8. The normalized spacial score (nSPS) is 11.2. The Labute approximate surface area is 165 Å². The second kappa shape index (κ2) is 9.62. The summed E-state index contributed by atoms with van der Waals surface area (Å²) >= 11 is 0. The Bertz CT molecular complexity index is 830. The standard InChI is InChI=1S/C19H16O2Si.C2H7O3P/c20-19(21)22(16-10-4-1-5-11-16,17-12-6-2-7-13-17)18-14-8-3-9-15-18;1-2-6(3,4)5/h1-15H,(H,20,21);2H2,1H3,(H2,3,4,5). The topological polar surface area (TPSA) is 94.8 Å². The van der Waals surface area contributed by atoms with Crippen molar-refractivity contribution in [1.29, 1.82) is 0 Å². The van der Waals surface area contributed by atoms with Gasteiger partial charge in [-0.2, -0.15) is 0 Å². The molecule has 3 N–H and O–H groups in total. The van der Waals surface area contributed by atoms with Crippen LogP contribution >= 0.6 is 7.60 Å². The summed E-state index contributed by atoms with van der Waals surface area (Å²) in [7, 11) is -6.73. The molecule has 3 aromatic carbocycles. The van der Waals surface area contributed by atoms with Crippen LogP contribution in [0.1, 0.15) is 6.92 Å². The van der Waals surface area contributed by atoms with Crippen LogP contribution in [-0.2, 0) is 4.57 Å². The fraction of sp³-hybridized carbons (Fsp3) is 0.0952. The van der Waals surface area contributed by atoms with E-state index in [-0.39, 0.29) is 6.16 Å². The van der Waals surface area contributed by atoms with Gasteiger partial charge in [-0.25, -0.2) is 0 Å². The molecule has 0 radical (unpaired) electrons. The minimum Gasteiger partial charge on any atom is -0.485 e. The van der Waals surface area contributed by atoms with E-state index in [9.17, 15) is 14.5 Å². The van der Waals surface area contributed by atoms with Crippen LogP contribution in [0.25, 0.3) is 0 Å². The maximum absolute atomic E-state index is 12.5. The molecule has 0 fully saturated rings. The molecule has 7 heteroatoms. The van der Waals surface area contributed by atoms with Gasteiger partial charge < -0.3 is 14.9 Å². The maximum atomic E-state index is 12.5. The minimum absolute atomic E-state index is 0.0625. The molecule has 0 aromatic heterocycles. The summed E-state index contributed by atoms with van der Waals surface area (Å²) in [5.41, 5.74) is -0.740. The fourth-order valence-electron chi connectivity index (χ4n) is 2.93. The Morgan fingerprint density at radius 2 is 1.00 bits per heavy atom. The van der Waals surface area contributed by atoms with Gasteiger partial charge in [0.2, 0.25) is 0 Å². The summed E-state index contributed by atoms with van der Waals surface area (Å²) < 4.78 is 9.69. The highest BCUT2D eigenvalue weighted by Crippen LogP contribution is 2.32. The predicted octanol–water partition coefficient (Wildman–Crippen LogP) is 2.60. The van der Waals surface area contributed by atoms with Gasteiger partial charge in [0.1, 0.15) is 0 Å². The van der Waals surface area contributed by atoms with Crippen molar-refractivity contribution >= 4 is 36.8 Å². The second-order valence-electron chi connectivity index (χ2n) is 6.13. The Kier molecular flexibility index (Phi) is 7.49. The quantitative estimate of drug-likeness (QED) is 0.339. The Morgan fingerprint density at radius 1 is 0.750 bits per heavy atom. The van der Waals surface area contributed by atoms with Crippen LogP contribution in [0.2, 0.25) is 0 Å². The maximum Gasteiger partial charge on any atom is 0.325 e. The molecule has 5 nitrogen and oxygen atoms in total. The van der Waals surface area contributed by atoms with Crippen LogP contribution in [0.15, 0.2) is 91.0 Å². The van der Waals surface area contributed by atoms with Crippen molar-refractivity contribution in [2.75, 3.05) is 6.16 Å². The van der Waals surface area contributed by atoms with Gasteiger partial charge in [0.25, 0.3) is 13.7 Å². The van der Waals surface area contributed by atoms with Crippen molar-refractivity contribution in [3.05, 3.63) is 91.0 Å². The number of hydrogen-bond acceptors (Lipinski definition) is 2. The zero-order valence-corrected chi connectivity index (χ0v) is 17.4. The zero-order chi connectivity index (χ0) is 20.6. The Morgan fingerprint density at radius 3 is 1.18 bits per heavy atom. The van der Waals surface area contributed by atoms with Gasteiger partial charge in [-0.05, 0) is 15.6 Å². The molecule has 3 rings (SSSR count). The van der Waals surface area contributed by atoms with E-state index in [1.165, 1.54) is 6.92 Å². The molecule has 0 saturated carbocycles. The smallest absolute Gasteiger partial charge is 0.325 e. The summed E-state index contributed by atoms with van der Waals surface area (Å²) in [6, 6.07) is 28.8. The number of hydrogen-bond donors (Lipinski definition) is 3. The van der Waals surface area contributed by atoms with Crippen molar-refractivity contribution < 1.29 is 24.3 Å². The molecule has 0 saturated heterocycles. The van der Waals surface area contributed by atoms with E-state index in [0.717, 1.165) is 15.6 Å². The predicted molar refractivity (Wildman–Crippen MR) is 115 cm³/mol. The molecule has 0 aliphatic heterocycles. The molecule has 0 bridgehead atoms. The van der Waals surface area contributed by atoms with E-state index in [0.29, 0.717) is 0 Å². The average molecular weight is 414 g/mol. The molecule has 28 heavy (non-hydrogen) atoms. The number of carbonyl (C=O) groups is 1. The molecule has 3 aromatic rings. The van der Waals surface area contributed by atoms with Crippen molar-refractivity contribution in [2.24, 2.45) is 0 Å². The first-order valence-electron chi connectivity index (χ1n) is 8.77. The van der Waals surface area contributed by atoms with Crippen LogP contribution < -0.4 is 15.6 Å². The molecule has 146 valence electrons. The SMILES string of the molecule is CCP(=O)(O)O.O=C(O)[Si](c1ccccc1)(c1ccccc1)c1ccccc1. The van der Waals surface area contributed by atoms with Gasteiger partial charge in [0.05, 0.1) is 0 Å². The first-order valence-corrected chi connectivity index (χ1v) is 12.6. The third-order valence-electron chi connectivity index (χ3n) is 4.35. The molecule has 0 atom stereocenters. The highest BCUT2D eigenvalue weighted by atomic mass is 31.2. The van der Waals surface area contributed by atoms with E-state index in [1.54, 1.807) is 0 Å². The lowest BCUT2D eigenvalue weighted by atomic mass is 10.3. The van der Waals surface area contributed by atoms with E-state index >= 15 is 0 Å². The molecule has 0 aliphatic rings. The molecule has 0 spiro atoms. The van der Waals surface area contributed by atoms with Crippen molar-refractivity contribution in [2.45, 2.75) is 6.92 Å². The monoisotopic (exact) mass is 414 g/mol. The van der Waals surface area contributed by atoms with Crippen molar-refractivity contribution in [3.63, 3.8) is 0 Å². The fourth-order valence-corrected chi connectivity index (χ4v) is 6.75. The molecular weight excluding hydrogens is 391 g/mol. The first-order chi connectivity index (χ1) is 13.3. The van der Waals surface area contributed by atoms with Crippen molar-refractivity contribution in [3.8, 4) is 0 Å². The second-order valence-corrected chi connectivity index (χ2v) is 11.8. The van der Waals surface area contributed by atoms with E-state index in [2.05, 4.69) is 0 Å². The Balaban J connectivity index is 0.000000409. The lowest BCUT2D eigenvalue weighted by Crippen LogP contribution is -2.72. The third kappa shape index (κ3) is 5.06. The lowest BCUT2D eigenvalue weighted by molar-refractivity contribution is 0.219. The van der Waals surface area contributed by atoms with Crippen LogP contribution in [0, 0.1) is 0 Å². The zero-order valence-electron chi connectivity index (χ0n) is 15.5. The van der Waals surface area contributed by atoms with Crippen LogP contribution in [0.5, 0.6) is 0 Å². The molecule has 0 heterocycles. The summed E-state index contributed by atoms with van der Waals surface area (Å²) in [6.07, 6.45) is -0.0625. The van der Waals surface area contributed by atoms with E-state index < -0.39 is 21.3 Å². The number of rotatable bonds is 5. The summed E-state index contributed by atoms with van der Waals surface area (Å²) in [5.74, 6) is 0. The van der Waals surface area contributed by atoms with Gasteiger partial charge in [-0.15, -0.1) is 0 Å². The molecule has 0 aliphatic carbocycles. The number of carboxylic acid groups (broad SMARTS) is 1. The summed E-state index contributed by atoms with van der Waals surface area (Å²) in [6.45, 7) is 1.45. The summed E-state index contributed by atoms with van der Waals surface area (Å²) in [5, 5.41) is 12.9. The highest BCUT2D eigenvalue weighted by Gasteiger charge is 2.47. The highest BCUT2D eigenvalue weighted by molar-refractivity contribution is 7.51. The van der Waals surface area contributed by atoms with Gasteiger partial charge in [0.15, 0.2) is 0 Å². The van der Waals surface area contributed by atoms with Crippen molar-refractivity contribution in [1.82, 2.24) is 0 Å². The van der Waals surface area contributed by atoms with Gasteiger partial charge in [-0.3, -0.25) is 9.36 Å². The van der Waals surface area contributed by atoms with E-state index in [1.807, 2.05) is 91.0 Å². The average Bonchev–Trinajstić information content (AvgIpc) is 2.71. The number of benzene rings is 3. The molecular formula is C21H23O5PSi. The molecule has 0 amide bonds. The van der Waals surface area contributed by atoms with Gasteiger partial charge in [0, 0.05) is 6.16 Å². The minimum atomic E-state index is -3.65. The molecule has 0 unspecified atom stereocenters. The van der Waals surface area contributed by atoms with Gasteiger partial charge >= 0.3 is 7.60 Å². The summed E-state index contributed by atoms with van der Waals surface area (Å²) in [4.78, 5) is 28.4. The third-order valence-corrected chi connectivity index (χ3v) is 9.42. The van der Waals surface area contributed by atoms with Crippen LogP contribution in [-0.4, -0.2) is 34.7 Å². The van der Waals surface area contributed by atoms with E-state index in [4.69, 9.17) is 9.79 Å². The largest absolute Gasteiger partial charge is 0.485 e.